The van der Waals surface area contributed by atoms with Gasteiger partial charge in [-0.3, -0.25) is 9.59 Å². The number of alkyl halides is 3. The maximum absolute atomic E-state index is 13.7. The molecule has 0 spiro atoms. The third-order valence-electron chi connectivity index (χ3n) is 6.62. The van der Waals surface area contributed by atoms with Crippen LogP contribution >= 0.6 is 24.0 Å². The Morgan fingerprint density at radius 1 is 1.27 bits per heavy atom. The fraction of sp³-hybridized carbons (Fsp3) is 0.385. The van der Waals surface area contributed by atoms with Gasteiger partial charge in [0.05, 0.1) is 35.1 Å². The van der Waals surface area contributed by atoms with Crippen LogP contribution in [0.2, 0.25) is 5.02 Å². The third kappa shape index (κ3) is 5.89. The molecular weight excluding hydrogens is 572 g/mol. The molecule has 0 fully saturated rings. The Labute approximate surface area is 238 Å². The van der Waals surface area contributed by atoms with Gasteiger partial charge in [0.2, 0.25) is 11.7 Å². The van der Waals surface area contributed by atoms with Crippen molar-refractivity contribution in [3.05, 3.63) is 68.4 Å². The maximum Gasteiger partial charge on any atom is 0.416 e. The number of carbonyl (C=O) groups excluding carboxylic acids is 1. The molecule has 0 bridgehead atoms. The Morgan fingerprint density at radius 2 is 2.08 bits per heavy atom. The van der Waals surface area contributed by atoms with Crippen molar-refractivity contribution in [2.45, 2.75) is 45.3 Å². The van der Waals surface area contributed by atoms with Gasteiger partial charge in [-0.2, -0.15) is 22.7 Å². The van der Waals surface area contributed by atoms with Crippen molar-refractivity contribution in [1.82, 2.24) is 24.5 Å². The van der Waals surface area contributed by atoms with Crippen LogP contribution in [0, 0.1) is 0 Å². The highest BCUT2D eigenvalue weighted by Gasteiger charge is 2.31. The SMILES string of the molecule is CCc1c(C2=CCCCN2)c(=O)n2nc(C3=CCOCC3)nc2n1CC(=O)Nc1ccc(C(F)(F)F)cc1Cl.Cl. The second-order valence-corrected chi connectivity index (χ2v) is 9.60. The van der Waals surface area contributed by atoms with Gasteiger partial charge in [0.1, 0.15) is 6.54 Å². The van der Waals surface area contributed by atoms with Gasteiger partial charge in [0.25, 0.3) is 5.56 Å². The molecule has 214 valence electrons. The Balaban J connectivity index is 0.00000370. The number of ether oxygens (including phenoxy) is 1. The number of rotatable bonds is 6. The molecule has 2 aromatic heterocycles. The maximum atomic E-state index is 13.7. The highest BCUT2D eigenvalue weighted by molar-refractivity contribution is 6.33. The number of hydrogen-bond acceptors (Lipinski definition) is 6. The summed E-state index contributed by atoms with van der Waals surface area (Å²) in [6.07, 6.45) is 1.97. The van der Waals surface area contributed by atoms with E-state index in [1.807, 2.05) is 19.1 Å². The van der Waals surface area contributed by atoms with E-state index in [4.69, 9.17) is 16.3 Å². The van der Waals surface area contributed by atoms with E-state index in [1.54, 1.807) is 4.57 Å². The zero-order chi connectivity index (χ0) is 27.7. The van der Waals surface area contributed by atoms with Crippen LogP contribution in [0.4, 0.5) is 18.9 Å². The Kier molecular flexibility index (Phi) is 8.91. The summed E-state index contributed by atoms with van der Waals surface area (Å²) in [4.78, 5) is 31.5. The van der Waals surface area contributed by atoms with E-state index in [0.717, 1.165) is 36.6 Å². The summed E-state index contributed by atoms with van der Waals surface area (Å²) < 4.78 is 47.3. The first-order chi connectivity index (χ1) is 18.7. The van der Waals surface area contributed by atoms with Gasteiger partial charge in [0, 0.05) is 17.9 Å². The first-order valence-electron chi connectivity index (χ1n) is 12.6. The van der Waals surface area contributed by atoms with Crippen molar-refractivity contribution < 1.29 is 22.7 Å². The summed E-state index contributed by atoms with van der Waals surface area (Å²) in [5.74, 6) is 0.0106. The van der Waals surface area contributed by atoms with E-state index >= 15 is 0 Å². The predicted molar refractivity (Wildman–Crippen MR) is 148 cm³/mol. The van der Waals surface area contributed by atoms with Gasteiger partial charge < -0.3 is 19.9 Å². The third-order valence-corrected chi connectivity index (χ3v) is 6.94. The fourth-order valence-electron chi connectivity index (χ4n) is 4.73. The summed E-state index contributed by atoms with van der Waals surface area (Å²) >= 11 is 6.05. The number of benzene rings is 1. The van der Waals surface area contributed by atoms with E-state index in [-0.39, 0.29) is 41.0 Å². The molecule has 3 aromatic rings. The molecule has 2 aliphatic heterocycles. The smallest absolute Gasteiger partial charge is 0.385 e. The van der Waals surface area contributed by atoms with Crippen LogP contribution in [0.15, 0.2) is 35.1 Å². The van der Waals surface area contributed by atoms with Gasteiger partial charge in [-0.1, -0.05) is 30.7 Å². The minimum absolute atomic E-state index is 0. The number of nitrogens with one attached hydrogen (secondary N) is 2. The average molecular weight is 599 g/mol. The van der Waals surface area contributed by atoms with E-state index in [0.29, 0.717) is 55.4 Å². The van der Waals surface area contributed by atoms with Crippen molar-refractivity contribution in [3.8, 4) is 0 Å². The zero-order valence-corrected chi connectivity index (χ0v) is 23.0. The molecule has 0 saturated carbocycles. The zero-order valence-electron chi connectivity index (χ0n) is 21.5. The Hall–Kier alpha value is -3.35. The van der Waals surface area contributed by atoms with Crippen LogP contribution < -0.4 is 16.2 Å². The number of amides is 1. The van der Waals surface area contributed by atoms with Crippen molar-refractivity contribution in [2.24, 2.45) is 0 Å². The number of allylic oxidation sites excluding steroid dienone is 1. The number of nitrogens with zero attached hydrogens (tertiary/aromatic N) is 4. The summed E-state index contributed by atoms with van der Waals surface area (Å²) in [5, 5.41) is 10.1. The lowest BCUT2D eigenvalue weighted by molar-refractivity contribution is -0.137. The van der Waals surface area contributed by atoms with Crippen molar-refractivity contribution in [1.29, 1.82) is 0 Å². The van der Waals surface area contributed by atoms with E-state index < -0.39 is 17.6 Å². The summed E-state index contributed by atoms with van der Waals surface area (Å²) in [7, 11) is 0. The summed E-state index contributed by atoms with van der Waals surface area (Å²) in [6.45, 7) is 3.22. The molecule has 2 N–H and O–H groups in total. The largest absolute Gasteiger partial charge is 0.416 e. The highest BCUT2D eigenvalue weighted by atomic mass is 35.5. The van der Waals surface area contributed by atoms with Crippen molar-refractivity contribution in [3.63, 3.8) is 0 Å². The van der Waals surface area contributed by atoms with Crippen LogP contribution in [0.3, 0.4) is 0 Å². The number of carbonyl (C=O) groups is 1. The monoisotopic (exact) mass is 598 g/mol. The number of hydrogen-bond donors (Lipinski definition) is 2. The number of halogens is 5. The van der Waals surface area contributed by atoms with Gasteiger partial charge in [0.15, 0.2) is 5.82 Å². The predicted octanol–water partition coefficient (Wildman–Crippen LogP) is 4.71. The fourth-order valence-corrected chi connectivity index (χ4v) is 4.96. The Bertz CT molecular complexity index is 1560. The van der Waals surface area contributed by atoms with Gasteiger partial charge in [-0.25, -0.2) is 0 Å². The van der Waals surface area contributed by atoms with Crippen LogP contribution in [0.5, 0.6) is 0 Å². The molecule has 0 aliphatic carbocycles. The van der Waals surface area contributed by atoms with Crippen molar-refractivity contribution >= 4 is 52.7 Å². The molecule has 2 aliphatic rings. The lowest BCUT2D eigenvalue weighted by atomic mass is 10.0. The second-order valence-electron chi connectivity index (χ2n) is 9.20. The molecule has 4 heterocycles. The quantitative estimate of drug-likeness (QED) is 0.426. The van der Waals surface area contributed by atoms with E-state index in [1.165, 1.54) is 4.52 Å². The van der Waals surface area contributed by atoms with Crippen LogP contribution in [-0.4, -0.2) is 44.8 Å². The molecule has 5 rings (SSSR count). The Morgan fingerprint density at radius 3 is 2.70 bits per heavy atom. The average Bonchev–Trinajstić information content (AvgIpc) is 3.38. The topological polar surface area (TPSA) is 103 Å². The first kappa shape index (κ1) is 29.6. The molecule has 1 aromatic carbocycles. The van der Waals surface area contributed by atoms with E-state index in [2.05, 4.69) is 20.7 Å². The minimum atomic E-state index is -4.56. The number of fused-ring (bicyclic) bond motifs is 1. The minimum Gasteiger partial charge on any atom is -0.385 e. The van der Waals surface area contributed by atoms with Gasteiger partial charge in [-0.05, 0) is 49.5 Å². The standard InChI is InChI=1S/C26H26ClF3N6O3.ClH/c1-2-20-22(19-5-3-4-10-31-19)24(38)36-25(33-23(34-36)15-8-11-39-12-9-15)35(20)14-21(37)32-18-7-6-16(13-17(18)27)26(28,29)30;/h5-8,13,31H,2-4,9-12,14H2,1H3,(H,32,37);1H. The first-order valence-corrected chi connectivity index (χ1v) is 13.0. The normalized spacial score (nSPS) is 15.6. The molecule has 14 heteroatoms. The second kappa shape index (κ2) is 12.0. The molecular formula is C26H27Cl2F3N6O3. The molecule has 0 unspecified atom stereocenters. The molecule has 0 radical (unpaired) electrons. The van der Waals surface area contributed by atoms with Crippen LogP contribution in [0.1, 0.15) is 48.8 Å². The van der Waals surface area contributed by atoms with Crippen molar-refractivity contribution in [2.75, 3.05) is 25.1 Å². The van der Waals surface area contributed by atoms with Crippen LogP contribution in [0.25, 0.3) is 17.0 Å². The van der Waals surface area contributed by atoms with E-state index in [9.17, 15) is 22.8 Å². The molecule has 0 atom stereocenters. The molecule has 0 saturated heterocycles. The summed E-state index contributed by atoms with van der Waals surface area (Å²) in [6, 6.07) is 2.72. The molecule has 40 heavy (non-hydrogen) atoms. The number of aromatic nitrogens is 4. The molecule has 9 nitrogen and oxygen atoms in total. The van der Waals surface area contributed by atoms with Gasteiger partial charge in [-0.15, -0.1) is 17.5 Å². The van der Waals surface area contributed by atoms with Crippen LogP contribution in [-0.2, 0) is 28.7 Å². The lowest BCUT2D eigenvalue weighted by Gasteiger charge is -2.21. The lowest BCUT2D eigenvalue weighted by Crippen LogP contribution is -2.33. The number of anilines is 1. The summed E-state index contributed by atoms with van der Waals surface area (Å²) in [5.41, 5.74) is 1.27. The highest BCUT2D eigenvalue weighted by Crippen LogP contribution is 2.34. The van der Waals surface area contributed by atoms with Gasteiger partial charge >= 0.3 is 6.18 Å². The molecule has 1 amide bonds.